The number of rotatable bonds is 7. The molecule has 3 heteroatoms. The van der Waals surface area contributed by atoms with Gasteiger partial charge in [0.1, 0.15) is 11.6 Å². The van der Waals surface area contributed by atoms with Gasteiger partial charge in [-0.1, -0.05) is 33.1 Å². The minimum Gasteiger partial charge on any atom is -0.299 e. The average molecular weight is 339 g/mol. The fourth-order valence-electron chi connectivity index (χ4n) is 4.39. The highest BCUT2D eigenvalue weighted by Gasteiger charge is 2.43. The zero-order chi connectivity index (χ0) is 17.0. The lowest BCUT2D eigenvalue weighted by Crippen LogP contribution is -2.39. The number of hydrogen-bond acceptors (Lipinski definition) is 3. The molecule has 0 aromatic carbocycles. The van der Waals surface area contributed by atoms with Gasteiger partial charge in [0.2, 0.25) is 0 Å². The van der Waals surface area contributed by atoms with E-state index < -0.39 is 0 Å². The average Bonchev–Trinajstić information content (AvgIpc) is 2.79. The van der Waals surface area contributed by atoms with Crippen LogP contribution in [-0.2, 0) is 9.59 Å². The Bertz CT molecular complexity index is 429. The molecule has 0 aliphatic heterocycles. The van der Waals surface area contributed by atoms with Gasteiger partial charge in [-0.25, -0.2) is 0 Å². The second-order valence-corrected chi connectivity index (χ2v) is 10.2. The molecule has 0 heterocycles. The van der Waals surface area contributed by atoms with Crippen LogP contribution in [0.2, 0.25) is 0 Å². The van der Waals surface area contributed by atoms with Crippen molar-refractivity contribution >= 4 is 23.3 Å². The first-order valence-electron chi connectivity index (χ1n) is 9.58. The molecule has 0 spiro atoms. The van der Waals surface area contributed by atoms with Crippen molar-refractivity contribution in [2.24, 2.45) is 17.8 Å². The van der Waals surface area contributed by atoms with Gasteiger partial charge in [-0.2, -0.15) is 11.8 Å². The first-order valence-corrected chi connectivity index (χ1v) is 10.5. The molecule has 23 heavy (non-hydrogen) atoms. The van der Waals surface area contributed by atoms with Crippen molar-refractivity contribution in [2.45, 2.75) is 95.5 Å². The van der Waals surface area contributed by atoms with E-state index >= 15 is 0 Å². The fourth-order valence-corrected chi connectivity index (χ4v) is 6.27. The molecule has 2 saturated carbocycles. The molecule has 2 nitrogen and oxygen atoms in total. The first-order chi connectivity index (χ1) is 10.8. The van der Waals surface area contributed by atoms with E-state index in [1.54, 1.807) is 0 Å². The van der Waals surface area contributed by atoms with Gasteiger partial charge < -0.3 is 0 Å². The molecule has 2 fully saturated rings. The van der Waals surface area contributed by atoms with Crippen LogP contribution >= 0.6 is 11.8 Å². The van der Waals surface area contributed by atoms with E-state index in [9.17, 15) is 9.59 Å². The quantitative estimate of drug-likeness (QED) is 0.580. The van der Waals surface area contributed by atoms with E-state index in [2.05, 4.69) is 27.7 Å². The number of ketones is 2. The van der Waals surface area contributed by atoms with Crippen LogP contribution in [0.15, 0.2) is 0 Å². The van der Waals surface area contributed by atoms with E-state index in [-0.39, 0.29) is 16.6 Å². The van der Waals surface area contributed by atoms with E-state index in [4.69, 9.17) is 0 Å². The molecule has 2 aliphatic rings. The predicted octanol–water partition coefficient (Wildman–Crippen LogP) is 5.43. The third kappa shape index (κ3) is 4.84. The summed E-state index contributed by atoms with van der Waals surface area (Å²) in [6.45, 7) is 8.87. The molecular weight excluding hydrogens is 304 g/mol. The van der Waals surface area contributed by atoms with Gasteiger partial charge in [0.15, 0.2) is 0 Å². The summed E-state index contributed by atoms with van der Waals surface area (Å²) >= 11 is 1.95. The summed E-state index contributed by atoms with van der Waals surface area (Å²) < 4.78 is -0.0322. The number of unbranched alkanes of at least 4 members (excludes halogenated alkanes) is 2. The minimum absolute atomic E-state index is 0.0322. The molecule has 4 atom stereocenters. The van der Waals surface area contributed by atoms with E-state index in [0.717, 1.165) is 32.1 Å². The lowest BCUT2D eigenvalue weighted by molar-refractivity contribution is -0.126. The summed E-state index contributed by atoms with van der Waals surface area (Å²) in [6, 6.07) is 0. The van der Waals surface area contributed by atoms with Gasteiger partial charge in [0.05, 0.1) is 0 Å². The Balaban J connectivity index is 1.97. The summed E-state index contributed by atoms with van der Waals surface area (Å²) in [6.07, 6.45) is 9.37. The van der Waals surface area contributed by atoms with Gasteiger partial charge in [-0.05, 0) is 45.4 Å². The summed E-state index contributed by atoms with van der Waals surface area (Å²) in [5, 5.41) is 0.432. The maximum atomic E-state index is 12.5. The molecule has 0 bridgehead atoms. The monoisotopic (exact) mass is 338 g/mol. The number of carbonyl (C=O) groups excluding carboxylic acids is 2. The third-order valence-corrected chi connectivity index (χ3v) is 7.60. The first kappa shape index (κ1) is 19.0. The zero-order valence-electron chi connectivity index (χ0n) is 15.4. The second-order valence-electron chi connectivity index (χ2n) is 8.27. The normalized spacial score (nSPS) is 32.5. The molecule has 132 valence electrons. The number of hydrogen-bond donors (Lipinski definition) is 0. The molecule has 4 unspecified atom stereocenters. The van der Waals surface area contributed by atoms with Crippen LogP contribution in [0.1, 0.15) is 85.5 Å². The Morgan fingerprint density at radius 2 is 1.83 bits per heavy atom. The van der Waals surface area contributed by atoms with E-state index in [0.29, 0.717) is 22.7 Å². The summed E-state index contributed by atoms with van der Waals surface area (Å²) in [5.74, 6) is 1.89. The zero-order valence-corrected chi connectivity index (χ0v) is 16.2. The van der Waals surface area contributed by atoms with Crippen molar-refractivity contribution in [3.8, 4) is 0 Å². The fraction of sp³-hybridized carbons (Fsp3) is 0.900. The van der Waals surface area contributed by atoms with Crippen LogP contribution in [0.25, 0.3) is 0 Å². The molecule has 0 N–H and O–H groups in total. The maximum absolute atomic E-state index is 12.5. The Morgan fingerprint density at radius 3 is 2.48 bits per heavy atom. The summed E-state index contributed by atoms with van der Waals surface area (Å²) in [4.78, 5) is 24.8. The molecule has 0 saturated heterocycles. The lowest BCUT2D eigenvalue weighted by Gasteiger charge is -2.39. The summed E-state index contributed by atoms with van der Waals surface area (Å²) in [7, 11) is 0. The Labute approximate surface area is 146 Å². The molecule has 0 amide bonds. The third-order valence-electron chi connectivity index (χ3n) is 5.84. The van der Waals surface area contributed by atoms with Crippen LogP contribution in [0.5, 0.6) is 0 Å². The molecule has 0 aromatic rings. The van der Waals surface area contributed by atoms with Crippen molar-refractivity contribution < 1.29 is 9.59 Å². The topological polar surface area (TPSA) is 34.1 Å². The van der Waals surface area contributed by atoms with Crippen LogP contribution in [-0.4, -0.2) is 21.6 Å². The van der Waals surface area contributed by atoms with Crippen molar-refractivity contribution in [3.05, 3.63) is 0 Å². The van der Waals surface area contributed by atoms with Crippen LogP contribution < -0.4 is 0 Å². The SMILES string of the molecule is CCCCCC1C(=O)CCC1SC(C)(C)C1CCC(C)CC1=O. The molecule has 2 aliphatic carbocycles. The van der Waals surface area contributed by atoms with E-state index in [1.807, 2.05) is 11.8 Å². The Morgan fingerprint density at radius 1 is 1.09 bits per heavy atom. The van der Waals surface area contributed by atoms with Crippen LogP contribution in [0.3, 0.4) is 0 Å². The largest absolute Gasteiger partial charge is 0.299 e. The number of thioether (sulfide) groups is 1. The van der Waals surface area contributed by atoms with Gasteiger partial charge >= 0.3 is 0 Å². The van der Waals surface area contributed by atoms with Gasteiger partial charge in [0, 0.05) is 34.7 Å². The standard InChI is InChI=1S/C20H34O2S/c1-5-6-7-8-15-17(21)11-12-19(15)23-20(3,4)16-10-9-14(2)13-18(16)22/h14-16,19H,5-13H2,1-4H3. The van der Waals surface area contributed by atoms with Gasteiger partial charge in [-0.3, -0.25) is 9.59 Å². The van der Waals surface area contributed by atoms with Crippen LogP contribution in [0.4, 0.5) is 0 Å². The van der Waals surface area contributed by atoms with Gasteiger partial charge in [-0.15, -0.1) is 0 Å². The highest BCUT2D eigenvalue weighted by molar-refractivity contribution is 8.01. The molecule has 0 aromatic heterocycles. The van der Waals surface area contributed by atoms with Crippen molar-refractivity contribution in [1.82, 2.24) is 0 Å². The van der Waals surface area contributed by atoms with Crippen molar-refractivity contribution in [1.29, 1.82) is 0 Å². The summed E-state index contributed by atoms with van der Waals surface area (Å²) in [5.41, 5.74) is 0. The number of carbonyl (C=O) groups is 2. The highest BCUT2D eigenvalue weighted by atomic mass is 32.2. The minimum atomic E-state index is -0.0322. The van der Waals surface area contributed by atoms with Crippen molar-refractivity contribution in [2.75, 3.05) is 0 Å². The lowest BCUT2D eigenvalue weighted by atomic mass is 9.76. The maximum Gasteiger partial charge on any atom is 0.137 e. The number of Topliss-reactive ketones (excluding diaryl/α,β-unsaturated/α-hetero) is 2. The van der Waals surface area contributed by atoms with Crippen molar-refractivity contribution in [3.63, 3.8) is 0 Å². The molecule has 0 radical (unpaired) electrons. The van der Waals surface area contributed by atoms with Gasteiger partial charge in [0.25, 0.3) is 0 Å². The Kier molecular flexibility index (Phi) is 6.77. The second kappa shape index (κ2) is 8.18. The van der Waals surface area contributed by atoms with Crippen LogP contribution in [0, 0.1) is 17.8 Å². The highest BCUT2D eigenvalue weighted by Crippen LogP contribution is 2.47. The smallest absolute Gasteiger partial charge is 0.137 e. The molecular formula is C20H34O2S. The van der Waals surface area contributed by atoms with E-state index in [1.165, 1.54) is 25.7 Å². The predicted molar refractivity (Wildman–Crippen MR) is 98.8 cm³/mol. The Hall–Kier alpha value is -0.310. The molecule has 2 rings (SSSR count).